The minimum absolute atomic E-state index is 0.0299. The minimum Gasteiger partial charge on any atom is -0.496 e. The van der Waals surface area contributed by atoms with Crippen LogP contribution < -0.4 is 10.1 Å². The first kappa shape index (κ1) is 16.7. The highest BCUT2D eigenvalue weighted by Crippen LogP contribution is 2.31. The Hall–Kier alpha value is -2.67. The Kier molecular flexibility index (Phi) is 4.80. The summed E-state index contributed by atoms with van der Waals surface area (Å²) in [6, 6.07) is 4.79. The molecule has 0 radical (unpaired) electrons. The number of carbonyl (C=O) groups is 2. The van der Waals surface area contributed by atoms with Crippen LogP contribution in [-0.4, -0.2) is 24.1 Å². The van der Waals surface area contributed by atoms with Crippen molar-refractivity contribution in [1.82, 2.24) is 0 Å². The zero-order valence-electron chi connectivity index (χ0n) is 11.7. The van der Waals surface area contributed by atoms with Gasteiger partial charge in [0, 0.05) is 12.1 Å². The summed E-state index contributed by atoms with van der Waals surface area (Å²) in [5, 5.41) is 11.3. The second-order valence-electron chi connectivity index (χ2n) is 4.42. The largest absolute Gasteiger partial charge is 0.496 e. The van der Waals surface area contributed by atoms with Crippen molar-refractivity contribution in [3.8, 4) is 5.75 Å². The minimum atomic E-state index is -1.26. The van der Waals surface area contributed by atoms with Crippen LogP contribution in [-0.2, 0) is 0 Å². The van der Waals surface area contributed by atoms with Crippen LogP contribution >= 0.6 is 11.6 Å². The third-order valence-electron chi connectivity index (χ3n) is 2.94. The van der Waals surface area contributed by atoms with E-state index < -0.39 is 23.5 Å². The highest BCUT2D eigenvalue weighted by Gasteiger charge is 2.18. The molecule has 0 saturated heterocycles. The molecule has 0 heterocycles. The molecule has 2 aromatic rings. The van der Waals surface area contributed by atoms with Gasteiger partial charge in [-0.1, -0.05) is 11.6 Å². The Morgan fingerprint density at radius 3 is 2.43 bits per heavy atom. The number of carboxylic acids is 1. The standard InChI is InChI=1S/C15H10ClF2NO4/c1-23-13-6-12(10(16)5-9(13)15(21)22)19-14(20)8-3-2-7(17)4-11(8)18/h2-6H,1H3,(H,19,20)(H,21,22). The summed E-state index contributed by atoms with van der Waals surface area (Å²) in [5.41, 5.74) is -0.547. The molecule has 2 N–H and O–H groups in total. The molecule has 0 bridgehead atoms. The van der Waals surface area contributed by atoms with Crippen LogP contribution in [0.4, 0.5) is 14.5 Å². The summed E-state index contributed by atoms with van der Waals surface area (Å²) in [7, 11) is 1.25. The number of ether oxygens (including phenoxy) is 1. The van der Waals surface area contributed by atoms with Gasteiger partial charge in [0.15, 0.2) is 0 Å². The fourth-order valence-corrected chi connectivity index (χ4v) is 2.06. The van der Waals surface area contributed by atoms with Crippen molar-refractivity contribution >= 4 is 29.2 Å². The van der Waals surface area contributed by atoms with Crippen molar-refractivity contribution < 1.29 is 28.2 Å². The van der Waals surface area contributed by atoms with E-state index in [1.807, 2.05) is 0 Å². The number of carbonyl (C=O) groups excluding carboxylic acids is 1. The number of rotatable bonds is 4. The van der Waals surface area contributed by atoms with E-state index in [2.05, 4.69) is 5.32 Å². The number of carboxylic acid groups (broad SMARTS) is 1. The summed E-state index contributed by atoms with van der Waals surface area (Å²) in [6.45, 7) is 0. The van der Waals surface area contributed by atoms with Gasteiger partial charge in [0.25, 0.3) is 5.91 Å². The predicted octanol–water partition coefficient (Wildman–Crippen LogP) is 3.58. The number of amides is 1. The number of halogens is 3. The quantitative estimate of drug-likeness (QED) is 0.891. The van der Waals surface area contributed by atoms with Crippen LogP contribution in [0.1, 0.15) is 20.7 Å². The summed E-state index contributed by atoms with van der Waals surface area (Å²) in [4.78, 5) is 23.1. The summed E-state index contributed by atoms with van der Waals surface area (Å²) >= 11 is 5.91. The summed E-state index contributed by atoms with van der Waals surface area (Å²) in [5.74, 6) is -4.00. The van der Waals surface area contributed by atoms with Gasteiger partial charge in [0.1, 0.15) is 22.9 Å². The molecule has 0 aliphatic rings. The van der Waals surface area contributed by atoms with Gasteiger partial charge in [-0.2, -0.15) is 0 Å². The van der Waals surface area contributed by atoms with E-state index in [1.54, 1.807) is 0 Å². The first-order valence-electron chi connectivity index (χ1n) is 6.20. The predicted molar refractivity (Wildman–Crippen MR) is 79.3 cm³/mol. The molecule has 0 saturated carbocycles. The number of aromatic carboxylic acids is 1. The summed E-state index contributed by atoms with van der Waals surface area (Å²) < 4.78 is 31.4. The molecule has 0 unspecified atom stereocenters. The highest BCUT2D eigenvalue weighted by atomic mass is 35.5. The van der Waals surface area contributed by atoms with Crippen LogP contribution in [0.2, 0.25) is 5.02 Å². The van der Waals surface area contributed by atoms with Crippen molar-refractivity contribution in [1.29, 1.82) is 0 Å². The normalized spacial score (nSPS) is 10.3. The van der Waals surface area contributed by atoms with Crippen LogP contribution in [0.25, 0.3) is 0 Å². The average molecular weight is 342 g/mol. The van der Waals surface area contributed by atoms with E-state index in [9.17, 15) is 18.4 Å². The Morgan fingerprint density at radius 2 is 1.87 bits per heavy atom. The van der Waals surface area contributed by atoms with E-state index in [0.717, 1.165) is 18.2 Å². The Labute approximate surface area is 134 Å². The van der Waals surface area contributed by atoms with Crippen molar-refractivity contribution in [2.75, 3.05) is 12.4 Å². The smallest absolute Gasteiger partial charge is 0.339 e. The fraction of sp³-hybridized carbons (Fsp3) is 0.0667. The molecule has 0 fully saturated rings. The molecule has 23 heavy (non-hydrogen) atoms. The molecule has 0 aromatic heterocycles. The topological polar surface area (TPSA) is 75.6 Å². The van der Waals surface area contributed by atoms with Gasteiger partial charge in [-0.25, -0.2) is 13.6 Å². The van der Waals surface area contributed by atoms with Gasteiger partial charge >= 0.3 is 5.97 Å². The molecule has 0 aliphatic carbocycles. The second kappa shape index (κ2) is 6.62. The van der Waals surface area contributed by atoms with Crippen molar-refractivity contribution in [3.05, 3.63) is 58.1 Å². The molecular formula is C15H10ClF2NO4. The van der Waals surface area contributed by atoms with Gasteiger partial charge in [0.2, 0.25) is 0 Å². The monoisotopic (exact) mass is 341 g/mol. The number of hydrogen-bond acceptors (Lipinski definition) is 3. The van der Waals surface area contributed by atoms with Gasteiger partial charge in [-0.15, -0.1) is 0 Å². The van der Waals surface area contributed by atoms with Gasteiger partial charge in [-0.3, -0.25) is 4.79 Å². The van der Waals surface area contributed by atoms with Crippen molar-refractivity contribution in [3.63, 3.8) is 0 Å². The van der Waals surface area contributed by atoms with Crippen molar-refractivity contribution in [2.24, 2.45) is 0 Å². The fourth-order valence-electron chi connectivity index (χ4n) is 1.85. The second-order valence-corrected chi connectivity index (χ2v) is 4.82. The first-order chi connectivity index (χ1) is 10.8. The number of nitrogens with one attached hydrogen (secondary N) is 1. The zero-order valence-corrected chi connectivity index (χ0v) is 12.4. The Balaban J connectivity index is 2.36. The Bertz CT molecular complexity index is 795. The molecule has 5 nitrogen and oxygen atoms in total. The molecule has 1 amide bonds. The lowest BCUT2D eigenvalue weighted by atomic mass is 10.1. The lowest BCUT2D eigenvalue weighted by Gasteiger charge is -2.12. The first-order valence-corrected chi connectivity index (χ1v) is 6.58. The lowest BCUT2D eigenvalue weighted by molar-refractivity contribution is 0.0693. The summed E-state index contributed by atoms with van der Waals surface area (Å²) in [6.07, 6.45) is 0. The number of hydrogen-bond donors (Lipinski definition) is 2. The molecule has 2 aromatic carbocycles. The molecule has 2 rings (SSSR count). The van der Waals surface area contributed by atoms with E-state index in [1.165, 1.54) is 13.2 Å². The Morgan fingerprint density at radius 1 is 1.17 bits per heavy atom. The lowest BCUT2D eigenvalue weighted by Crippen LogP contribution is -2.15. The van der Waals surface area contributed by atoms with E-state index in [0.29, 0.717) is 6.07 Å². The van der Waals surface area contributed by atoms with Gasteiger partial charge in [-0.05, 0) is 18.2 Å². The molecular weight excluding hydrogens is 332 g/mol. The van der Waals surface area contributed by atoms with Gasteiger partial charge < -0.3 is 15.2 Å². The van der Waals surface area contributed by atoms with Crippen LogP contribution in [0.3, 0.4) is 0 Å². The third kappa shape index (κ3) is 3.57. The molecule has 0 atom stereocenters. The van der Waals surface area contributed by atoms with E-state index in [4.69, 9.17) is 21.4 Å². The zero-order chi connectivity index (χ0) is 17.1. The molecule has 0 aliphatic heterocycles. The number of benzene rings is 2. The van der Waals surface area contributed by atoms with E-state index in [-0.39, 0.29) is 27.6 Å². The highest BCUT2D eigenvalue weighted by molar-refractivity contribution is 6.34. The maximum Gasteiger partial charge on any atom is 0.339 e. The van der Waals surface area contributed by atoms with Gasteiger partial charge in [0.05, 0.1) is 23.4 Å². The van der Waals surface area contributed by atoms with Crippen molar-refractivity contribution in [2.45, 2.75) is 0 Å². The van der Waals surface area contributed by atoms with Crippen LogP contribution in [0.5, 0.6) is 5.75 Å². The maximum atomic E-state index is 13.6. The third-order valence-corrected chi connectivity index (χ3v) is 3.26. The number of methoxy groups -OCH3 is 1. The number of anilines is 1. The molecule has 8 heteroatoms. The van der Waals surface area contributed by atoms with Crippen LogP contribution in [0, 0.1) is 11.6 Å². The molecule has 0 spiro atoms. The van der Waals surface area contributed by atoms with E-state index >= 15 is 0 Å². The SMILES string of the molecule is COc1cc(NC(=O)c2ccc(F)cc2F)c(Cl)cc1C(=O)O. The maximum absolute atomic E-state index is 13.6. The average Bonchev–Trinajstić information content (AvgIpc) is 2.48. The van der Waals surface area contributed by atoms with Crippen LogP contribution in [0.15, 0.2) is 30.3 Å². The molecule has 120 valence electrons.